The number of rotatable bonds is 3. The van der Waals surface area contributed by atoms with Gasteiger partial charge in [0, 0.05) is 19.5 Å². The molecule has 4 rings (SSSR count). The van der Waals surface area contributed by atoms with Gasteiger partial charge in [-0.15, -0.1) is 0 Å². The second kappa shape index (κ2) is 4.77. The largest absolute Gasteiger partial charge is 0.376 e. The fourth-order valence-corrected chi connectivity index (χ4v) is 4.37. The predicted octanol–water partition coefficient (Wildman–Crippen LogP) is 4.20. The quantitative estimate of drug-likeness (QED) is 0.778. The van der Waals surface area contributed by atoms with Crippen LogP contribution in [0.25, 0.3) is 0 Å². The molecule has 0 heterocycles. The summed E-state index contributed by atoms with van der Waals surface area (Å²) in [4.78, 5) is 13.4. The molecule has 0 aliphatic heterocycles. The average molecular weight is 292 g/mol. The molecule has 0 N–H and O–H groups in total. The van der Waals surface area contributed by atoms with Crippen molar-refractivity contribution in [2.45, 2.75) is 43.9 Å². The monoisotopic (exact) mass is 291 g/mol. The number of carbonyl (C=O) groups is 1. The molecule has 108 valence electrons. The molecular formula is C17H22ClNO. The van der Waals surface area contributed by atoms with E-state index in [1.54, 1.807) is 0 Å². The summed E-state index contributed by atoms with van der Waals surface area (Å²) in [6, 6.07) is 6.51. The van der Waals surface area contributed by atoms with Gasteiger partial charge in [-0.05, 0) is 61.6 Å². The van der Waals surface area contributed by atoms with E-state index in [1.807, 2.05) is 19.0 Å². The van der Waals surface area contributed by atoms with Gasteiger partial charge in [-0.1, -0.05) is 17.7 Å². The maximum absolute atomic E-state index is 11.3. The first-order chi connectivity index (χ1) is 9.50. The van der Waals surface area contributed by atoms with Crippen molar-refractivity contribution in [3.8, 4) is 0 Å². The van der Waals surface area contributed by atoms with Crippen LogP contribution in [-0.2, 0) is 10.2 Å². The molecule has 1 aromatic carbocycles. The number of benzene rings is 1. The minimum absolute atomic E-state index is 0.00484. The van der Waals surface area contributed by atoms with Crippen LogP contribution in [0.1, 0.15) is 44.1 Å². The molecule has 3 heteroatoms. The first kappa shape index (κ1) is 13.9. The van der Waals surface area contributed by atoms with Crippen molar-refractivity contribution >= 4 is 23.6 Å². The van der Waals surface area contributed by atoms with E-state index in [9.17, 15) is 4.79 Å². The minimum Gasteiger partial charge on any atom is -0.376 e. The number of aldehydes is 1. The van der Waals surface area contributed by atoms with Crippen molar-refractivity contribution in [1.82, 2.24) is 0 Å². The number of halogens is 1. The van der Waals surface area contributed by atoms with Gasteiger partial charge in [0.25, 0.3) is 0 Å². The van der Waals surface area contributed by atoms with E-state index in [-0.39, 0.29) is 10.8 Å². The highest BCUT2D eigenvalue weighted by Gasteiger charge is 2.49. The molecular weight excluding hydrogens is 270 g/mol. The zero-order valence-corrected chi connectivity index (χ0v) is 13.0. The molecule has 0 radical (unpaired) electrons. The van der Waals surface area contributed by atoms with Crippen molar-refractivity contribution in [2.24, 2.45) is 5.41 Å². The van der Waals surface area contributed by atoms with Crippen LogP contribution in [0.2, 0.25) is 5.02 Å². The van der Waals surface area contributed by atoms with Gasteiger partial charge in [-0.25, -0.2) is 0 Å². The van der Waals surface area contributed by atoms with E-state index in [0.29, 0.717) is 0 Å². The fourth-order valence-electron chi connectivity index (χ4n) is 4.02. The molecule has 0 atom stereocenters. The molecule has 0 aromatic heterocycles. The van der Waals surface area contributed by atoms with Crippen LogP contribution in [0.4, 0.5) is 5.69 Å². The van der Waals surface area contributed by atoms with Crippen LogP contribution in [-0.4, -0.2) is 20.4 Å². The highest BCUT2D eigenvalue weighted by atomic mass is 35.5. The maximum atomic E-state index is 11.3. The molecule has 0 unspecified atom stereocenters. The third-order valence-corrected chi connectivity index (χ3v) is 5.90. The van der Waals surface area contributed by atoms with E-state index in [2.05, 4.69) is 18.2 Å². The predicted molar refractivity (Wildman–Crippen MR) is 83.7 cm³/mol. The first-order valence-corrected chi connectivity index (χ1v) is 7.82. The molecule has 1 aromatic rings. The summed E-state index contributed by atoms with van der Waals surface area (Å²) in [5.74, 6) is 0. The molecule has 0 spiro atoms. The van der Waals surface area contributed by atoms with Gasteiger partial charge < -0.3 is 9.69 Å². The second-order valence-corrected chi connectivity index (χ2v) is 7.23. The average Bonchev–Trinajstić information content (AvgIpc) is 2.48. The lowest BCUT2D eigenvalue weighted by Gasteiger charge is -2.51. The van der Waals surface area contributed by atoms with Crippen LogP contribution >= 0.6 is 11.6 Å². The Kier molecular flexibility index (Phi) is 3.32. The van der Waals surface area contributed by atoms with E-state index in [4.69, 9.17) is 11.6 Å². The van der Waals surface area contributed by atoms with Crippen molar-refractivity contribution in [1.29, 1.82) is 0 Å². The summed E-state index contributed by atoms with van der Waals surface area (Å²) in [5.41, 5.74) is 2.70. The van der Waals surface area contributed by atoms with Crippen molar-refractivity contribution < 1.29 is 4.79 Å². The summed E-state index contributed by atoms with van der Waals surface area (Å²) in [5, 5.41) is 0.833. The molecule has 0 amide bonds. The number of hydrogen-bond donors (Lipinski definition) is 0. The topological polar surface area (TPSA) is 20.3 Å². The molecule has 0 saturated heterocycles. The van der Waals surface area contributed by atoms with Crippen molar-refractivity contribution in [3.63, 3.8) is 0 Å². The molecule has 3 saturated carbocycles. The summed E-state index contributed by atoms with van der Waals surface area (Å²) < 4.78 is 0. The fraction of sp³-hybridized carbons (Fsp3) is 0.588. The van der Waals surface area contributed by atoms with E-state index >= 15 is 0 Å². The van der Waals surface area contributed by atoms with Gasteiger partial charge in [0.05, 0.1) is 10.7 Å². The third-order valence-electron chi connectivity index (χ3n) is 5.60. The van der Waals surface area contributed by atoms with Gasteiger partial charge in [0.2, 0.25) is 0 Å². The standard InChI is InChI=1S/C17H22ClNO/c1-19(2)15-4-3-13(11-14(15)18)17-8-5-16(12-20,6-9-17)7-10-17/h3-4,11-12H,5-10H2,1-2H3. The Morgan fingerprint density at radius 3 is 2.15 bits per heavy atom. The third kappa shape index (κ3) is 2.05. The SMILES string of the molecule is CN(C)c1ccc(C23CCC(C=O)(CC2)CC3)cc1Cl. The van der Waals surface area contributed by atoms with Gasteiger partial charge in [-0.2, -0.15) is 0 Å². The number of hydrogen-bond acceptors (Lipinski definition) is 2. The Morgan fingerprint density at radius 1 is 1.10 bits per heavy atom. The summed E-state index contributed by atoms with van der Waals surface area (Å²) in [6.07, 6.45) is 7.74. The van der Waals surface area contributed by atoms with Crippen molar-refractivity contribution in [2.75, 3.05) is 19.0 Å². The van der Waals surface area contributed by atoms with Gasteiger partial charge >= 0.3 is 0 Å². The van der Waals surface area contributed by atoms with Crippen LogP contribution in [0.3, 0.4) is 0 Å². The molecule has 20 heavy (non-hydrogen) atoms. The van der Waals surface area contributed by atoms with Crippen LogP contribution < -0.4 is 4.90 Å². The zero-order chi connectivity index (χ0) is 14.4. The highest BCUT2D eigenvalue weighted by molar-refractivity contribution is 6.33. The molecule has 2 nitrogen and oxygen atoms in total. The molecule has 3 aliphatic rings. The molecule has 3 aliphatic carbocycles. The highest BCUT2D eigenvalue weighted by Crippen LogP contribution is 2.57. The molecule has 2 bridgehead atoms. The Balaban J connectivity index is 1.91. The van der Waals surface area contributed by atoms with Crippen LogP contribution in [0.5, 0.6) is 0 Å². The summed E-state index contributed by atoms with van der Waals surface area (Å²) in [7, 11) is 4.03. The first-order valence-electron chi connectivity index (χ1n) is 7.44. The number of fused-ring (bicyclic) bond motifs is 3. The zero-order valence-electron chi connectivity index (χ0n) is 12.3. The number of anilines is 1. The number of nitrogens with zero attached hydrogens (tertiary/aromatic N) is 1. The smallest absolute Gasteiger partial charge is 0.126 e. The lowest BCUT2D eigenvalue weighted by molar-refractivity contribution is -0.122. The Labute approximate surface area is 126 Å². The Morgan fingerprint density at radius 2 is 1.70 bits per heavy atom. The van der Waals surface area contributed by atoms with Crippen LogP contribution in [0.15, 0.2) is 18.2 Å². The number of carbonyl (C=O) groups excluding carboxylic acids is 1. The lowest BCUT2D eigenvalue weighted by Crippen LogP contribution is -2.44. The summed E-state index contributed by atoms with van der Waals surface area (Å²) >= 11 is 6.43. The van der Waals surface area contributed by atoms with Gasteiger partial charge in [-0.3, -0.25) is 0 Å². The second-order valence-electron chi connectivity index (χ2n) is 6.82. The molecule has 3 fully saturated rings. The lowest BCUT2D eigenvalue weighted by atomic mass is 9.52. The Hall–Kier alpha value is -1.02. The maximum Gasteiger partial charge on any atom is 0.126 e. The van der Waals surface area contributed by atoms with E-state index < -0.39 is 0 Å². The van der Waals surface area contributed by atoms with Crippen LogP contribution in [0, 0.1) is 5.41 Å². The van der Waals surface area contributed by atoms with E-state index in [0.717, 1.165) is 49.2 Å². The summed E-state index contributed by atoms with van der Waals surface area (Å²) in [6.45, 7) is 0. The Bertz CT molecular complexity index is 513. The van der Waals surface area contributed by atoms with Crippen molar-refractivity contribution in [3.05, 3.63) is 28.8 Å². The normalized spacial score (nSPS) is 32.1. The van der Waals surface area contributed by atoms with Gasteiger partial charge in [0.15, 0.2) is 0 Å². The van der Waals surface area contributed by atoms with E-state index in [1.165, 1.54) is 11.8 Å². The minimum atomic E-state index is -0.00484. The van der Waals surface area contributed by atoms with Gasteiger partial charge in [0.1, 0.15) is 6.29 Å².